The SMILES string of the molecule is [CH2]CCCCCN1CCC(Oc2cccc(C(F)(F)F)c2)CC1. The molecule has 129 valence electrons. The lowest BCUT2D eigenvalue weighted by Crippen LogP contribution is -2.38. The average molecular weight is 328 g/mol. The number of hydrogen-bond acceptors (Lipinski definition) is 2. The molecule has 1 heterocycles. The predicted octanol–water partition coefficient (Wildman–Crippen LogP) is 4.94. The third-order valence-electron chi connectivity index (χ3n) is 4.22. The smallest absolute Gasteiger partial charge is 0.416 e. The van der Waals surface area contributed by atoms with Gasteiger partial charge in [-0.05, 0) is 44.0 Å². The summed E-state index contributed by atoms with van der Waals surface area (Å²) in [4.78, 5) is 2.41. The van der Waals surface area contributed by atoms with Crippen molar-refractivity contribution in [1.29, 1.82) is 0 Å². The molecule has 0 aliphatic carbocycles. The number of likely N-dealkylation sites (tertiary alicyclic amines) is 1. The maximum atomic E-state index is 12.7. The van der Waals surface area contributed by atoms with Crippen LogP contribution in [0.3, 0.4) is 0 Å². The van der Waals surface area contributed by atoms with Gasteiger partial charge in [0.15, 0.2) is 0 Å². The van der Waals surface area contributed by atoms with Crippen molar-refractivity contribution in [2.45, 2.75) is 50.8 Å². The summed E-state index contributed by atoms with van der Waals surface area (Å²) in [7, 11) is 0. The van der Waals surface area contributed by atoms with Crippen LogP contribution in [0.15, 0.2) is 24.3 Å². The normalized spacial score (nSPS) is 17.4. The third kappa shape index (κ3) is 6.05. The number of rotatable bonds is 7. The number of nitrogens with zero attached hydrogens (tertiary/aromatic N) is 1. The Morgan fingerprint density at radius 1 is 1.13 bits per heavy atom. The number of alkyl halides is 3. The highest BCUT2D eigenvalue weighted by Gasteiger charge is 2.31. The molecule has 1 aliphatic heterocycles. The van der Waals surface area contributed by atoms with Gasteiger partial charge in [-0.15, -0.1) is 0 Å². The minimum atomic E-state index is -4.32. The molecule has 1 saturated heterocycles. The Balaban J connectivity index is 1.76. The molecule has 0 saturated carbocycles. The van der Waals surface area contributed by atoms with Gasteiger partial charge < -0.3 is 9.64 Å². The summed E-state index contributed by atoms with van der Waals surface area (Å²) in [5.41, 5.74) is -0.655. The quantitative estimate of drug-likeness (QED) is 0.657. The first-order valence-electron chi connectivity index (χ1n) is 8.34. The minimum absolute atomic E-state index is 0.00887. The summed E-state index contributed by atoms with van der Waals surface area (Å²) in [6, 6.07) is 5.16. The number of unbranched alkanes of at least 4 members (excludes halogenated alkanes) is 3. The van der Waals surface area contributed by atoms with Crippen LogP contribution in [0.4, 0.5) is 13.2 Å². The molecule has 0 spiro atoms. The van der Waals surface area contributed by atoms with Crippen molar-refractivity contribution in [2.24, 2.45) is 0 Å². The van der Waals surface area contributed by atoms with E-state index >= 15 is 0 Å². The van der Waals surface area contributed by atoms with Gasteiger partial charge in [0.2, 0.25) is 0 Å². The summed E-state index contributed by atoms with van der Waals surface area (Å²) in [5, 5.41) is 0. The van der Waals surface area contributed by atoms with E-state index in [1.54, 1.807) is 6.07 Å². The molecule has 2 nitrogen and oxygen atoms in total. The third-order valence-corrected chi connectivity index (χ3v) is 4.22. The van der Waals surface area contributed by atoms with Crippen molar-refractivity contribution in [1.82, 2.24) is 4.90 Å². The first kappa shape index (κ1) is 18.1. The van der Waals surface area contributed by atoms with Gasteiger partial charge >= 0.3 is 6.18 Å². The monoisotopic (exact) mass is 328 g/mol. The molecule has 1 aromatic rings. The van der Waals surface area contributed by atoms with Crippen molar-refractivity contribution in [3.8, 4) is 5.75 Å². The van der Waals surface area contributed by atoms with E-state index in [9.17, 15) is 13.2 Å². The highest BCUT2D eigenvalue weighted by Crippen LogP contribution is 2.32. The minimum Gasteiger partial charge on any atom is -0.490 e. The van der Waals surface area contributed by atoms with Gasteiger partial charge in [0.1, 0.15) is 11.9 Å². The van der Waals surface area contributed by atoms with E-state index in [-0.39, 0.29) is 6.10 Å². The molecule has 0 bridgehead atoms. The zero-order valence-corrected chi connectivity index (χ0v) is 13.4. The van der Waals surface area contributed by atoms with Crippen LogP contribution < -0.4 is 4.74 Å². The lowest BCUT2D eigenvalue weighted by molar-refractivity contribution is -0.137. The second-order valence-electron chi connectivity index (χ2n) is 6.10. The molecule has 2 rings (SSSR count). The van der Waals surface area contributed by atoms with Crippen molar-refractivity contribution in [2.75, 3.05) is 19.6 Å². The van der Waals surface area contributed by atoms with E-state index < -0.39 is 11.7 Å². The lowest BCUT2D eigenvalue weighted by atomic mass is 10.1. The first-order chi connectivity index (χ1) is 11.0. The molecule has 0 N–H and O–H groups in total. The summed E-state index contributed by atoms with van der Waals surface area (Å²) in [5.74, 6) is 0.314. The maximum Gasteiger partial charge on any atom is 0.416 e. The lowest BCUT2D eigenvalue weighted by Gasteiger charge is -2.32. The second-order valence-corrected chi connectivity index (χ2v) is 6.10. The fourth-order valence-electron chi connectivity index (χ4n) is 2.88. The molecule has 0 amide bonds. The summed E-state index contributed by atoms with van der Waals surface area (Å²) >= 11 is 0. The van der Waals surface area contributed by atoms with Gasteiger partial charge in [-0.25, -0.2) is 0 Å². The predicted molar refractivity (Wildman–Crippen MR) is 85.4 cm³/mol. The second kappa shape index (κ2) is 8.57. The Hall–Kier alpha value is -1.23. The average Bonchev–Trinajstić information content (AvgIpc) is 2.53. The van der Waals surface area contributed by atoms with Crippen LogP contribution in [-0.2, 0) is 6.18 Å². The van der Waals surface area contributed by atoms with Crippen LogP contribution in [0, 0.1) is 6.92 Å². The number of piperidine rings is 1. The zero-order chi connectivity index (χ0) is 16.7. The molecule has 1 aromatic carbocycles. The number of ether oxygens (including phenoxy) is 1. The Morgan fingerprint density at radius 2 is 1.87 bits per heavy atom. The van der Waals surface area contributed by atoms with Crippen LogP contribution in [0.1, 0.15) is 44.1 Å². The van der Waals surface area contributed by atoms with Crippen LogP contribution in [-0.4, -0.2) is 30.6 Å². The van der Waals surface area contributed by atoms with E-state index in [4.69, 9.17) is 4.74 Å². The molecule has 5 heteroatoms. The Bertz CT molecular complexity index is 468. The van der Waals surface area contributed by atoms with Crippen LogP contribution in [0.25, 0.3) is 0 Å². The van der Waals surface area contributed by atoms with E-state index in [1.165, 1.54) is 25.3 Å². The fourth-order valence-corrected chi connectivity index (χ4v) is 2.88. The highest BCUT2D eigenvalue weighted by molar-refractivity contribution is 5.30. The zero-order valence-electron chi connectivity index (χ0n) is 13.4. The van der Waals surface area contributed by atoms with E-state index in [2.05, 4.69) is 11.8 Å². The van der Waals surface area contributed by atoms with Gasteiger partial charge in [-0.3, -0.25) is 0 Å². The molecule has 1 radical (unpaired) electrons. The molecule has 23 heavy (non-hydrogen) atoms. The molecular formula is C18H25F3NO. The van der Waals surface area contributed by atoms with Crippen molar-refractivity contribution >= 4 is 0 Å². The molecule has 0 aromatic heterocycles. The maximum absolute atomic E-state index is 12.7. The van der Waals surface area contributed by atoms with Crippen molar-refractivity contribution in [3.05, 3.63) is 36.8 Å². The van der Waals surface area contributed by atoms with Crippen LogP contribution in [0.2, 0.25) is 0 Å². The molecule has 1 fully saturated rings. The first-order valence-corrected chi connectivity index (χ1v) is 8.34. The van der Waals surface area contributed by atoms with Gasteiger partial charge in [-0.2, -0.15) is 13.2 Å². The molecule has 0 unspecified atom stereocenters. The largest absolute Gasteiger partial charge is 0.490 e. The number of benzene rings is 1. The van der Waals surface area contributed by atoms with Gasteiger partial charge in [0, 0.05) is 13.1 Å². The van der Waals surface area contributed by atoms with Crippen molar-refractivity contribution in [3.63, 3.8) is 0 Å². The van der Waals surface area contributed by atoms with Crippen LogP contribution >= 0.6 is 0 Å². The summed E-state index contributed by atoms with van der Waals surface area (Å²) < 4.78 is 43.9. The Morgan fingerprint density at radius 3 is 2.52 bits per heavy atom. The van der Waals surface area contributed by atoms with Gasteiger partial charge in [0.25, 0.3) is 0 Å². The van der Waals surface area contributed by atoms with E-state index in [0.717, 1.165) is 51.0 Å². The Kier molecular flexibility index (Phi) is 6.75. The summed E-state index contributed by atoms with van der Waals surface area (Å²) in [6.45, 7) is 6.84. The highest BCUT2D eigenvalue weighted by atomic mass is 19.4. The number of hydrogen-bond donors (Lipinski definition) is 0. The molecule has 1 aliphatic rings. The van der Waals surface area contributed by atoms with Gasteiger partial charge in [-0.1, -0.05) is 32.3 Å². The molecule has 0 atom stereocenters. The van der Waals surface area contributed by atoms with Crippen LogP contribution in [0.5, 0.6) is 5.75 Å². The Labute approximate surface area is 136 Å². The number of halogens is 3. The van der Waals surface area contributed by atoms with E-state index in [0.29, 0.717) is 5.75 Å². The summed E-state index contributed by atoms with van der Waals surface area (Å²) in [6.07, 6.45) is 1.99. The van der Waals surface area contributed by atoms with E-state index in [1.807, 2.05) is 0 Å². The standard InChI is InChI=1S/C18H25F3NO/c1-2-3-4-5-11-22-12-9-16(10-13-22)23-17-8-6-7-15(14-17)18(19,20)21/h6-8,14,16H,1-5,9-13H2. The van der Waals surface area contributed by atoms with Crippen molar-refractivity contribution < 1.29 is 17.9 Å². The molecular weight excluding hydrogens is 303 g/mol. The van der Waals surface area contributed by atoms with Gasteiger partial charge in [0.05, 0.1) is 5.56 Å². The topological polar surface area (TPSA) is 12.5 Å². The fraction of sp³-hybridized carbons (Fsp3) is 0.611.